The molecule has 2 rings (SSSR count). The van der Waals surface area contributed by atoms with Crippen molar-refractivity contribution in [2.75, 3.05) is 19.8 Å². The van der Waals surface area contributed by atoms with Crippen LogP contribution in [0.4, 0.5) is 0 Å². The molecule has 108 valence electrons. The van der Waals surface area contributed by atoms with Crippen LogP contribution in [0.2, 0.25) is 0 Å². The van der Waals surface area contributed by atoms with Gasteiger partial charge in [0, 0.05) is 19.6 Å². The first-order chi connectivity index (χ1) is 8.91. The molecule has 4 unspecified atom stereocenters. The first-order valence-electron chi connectivity index (χ1n) is 6.72. The topological polar surface area (TPSA) is 95.9 Å². The summed E-state index contributed by atoms with van der Waals surface area (Å²) in [7, 11) is 0. The first kappa shape index (κ1) is 14.3. The van der Waals surface area contributed by atoms with Crippen LogP contribution in [-0.2, 0) is 14.3 Å². The van der Waals surface area contributed by atoms with Crippen molar-refractivity contribution in [2.24, 2.45) is 17.8 Å². The Balaban J connectivity index is 1.90. The highest BCUT2D eigenvalue weighted by Gasteiger charge is 2.42. The van der Waals surface area contributed by atoms with Gasteiger partial charge in [-0.1, -0.05) is 6.92 Å². The summed E-state index contributed by atoms with van der Waals surface area (Å²) in [5.74, 6) is -2.03. The smallest absolute Gasteiger partial charge is 0.307 e. The maximum Gasteiger partial charge on any atom is 0.307 e. The molecule has 2 aliphatic rings. The van der Waals surface area contributed by atoms with Gasteiger partial charge in [-0.05, 0) is 18.8 Å². The van der Waals surface area contributed by atoms with Crippen molar-refractivity contribution in [3.8, 4) is 0 Å². The predicted molar refractivity (Wildman–Crippen MR) is 66.4 cm³/mol. The number of carbonyl (C=O) groups is 2. The standard InChI is InChI=1S/C13H21NO5/c1-8-4-9(10(5-8)12(16)17)11(15)14-6-13(18)2-3-19-7-13/h8-10,18H,2-7H2,1H3,(H,14,15)(H,16,17). The summed E-state index contributed by atoms with van der Waals surface area (Å²) in [5.41, 5.74) is -1.00. The molecule has 3 N–H and O–H groups in total. The Morgan fingerprint density at radius 1 is 1.37 bits per heavy atom. The van der Waals surface area contributed by atoms with E-state index < -0.39 is 23.4 Å². The molecule has 6 nitrogen and oxygen atoms in total. The minimum absolute atomic E-state index is 0.128. The maximum absolute atomic E-state index is 12.1. The van der Waals surface area contributed by atoms with Crippen LogP contribution in [0.1, 0.15) is 26.2 Å². The zero-order valence-electron chi connectivity index (χ0n) is 11.1. The average molecular weight is 271 g/mol. The van der Waals surface area contributed by atoms with Crippen LogP contribution in [0.25, 0.3) is 0 Å². The van der Waals surface area contributed by atoms with Crippen LogP contribution in [0, 0.1) is 17.8 Å². The van der Waals surface area contributed by atoms with Crippen molar-refractivity contribution in [1.29, 1.82) is 0 Å². The lowest BCUT2D eigenvalue weighted by molar-refractivity contribution is -0.146. The predicted octanol–water partition coefficient (Wildman–Crippen LogP) is 0.000900. The van der Waals surface area contributed by atoms with Crippen molar-refractivity contribution in [3.63, 3.8) is 0 Å². The summed E-state index contributed by atoms with van der Waals surface area (Å²) in [6.07, 6.45) is 1.63. The number of hydrogen-bond donors (Lipinski definition) is 3. The van der Waals surface area contributed by atoms with Crippen LogP contribution in [0.3, 0.4) is 0 Å². The monoisotopic (exact) mass is 271 g/mol. The number of carbonyl (C=O) groups excluding carboxylic acids is 1. The summed E-state index contributed by atoms with van der Waals surface area (Å²) < 4.78 is 5.10. The van der Waals surface area contributed by atoms with Gasteiger partial charge in [0.05, 0.1) is 18.4 Å². The molecule has 6 heteroatoms. The Morgan fingerprint density at radius 3 is 2.63 bits per heavy atom. The Kier molecular flexibility index (Phi) is 4.10. The molecule has 1 heterocycles. The molecule has 1 aliphatic carbocycles. The molecule has 1 saturated carbocycles. The van der Waals surface area contributed by atoms with E-state index >= 15 is 0 Å². The van der Waals surface area contributed by atoms with Crippen molar-refractivity contribution >= 4 is 11.9 Å². The molecule has 0 aromatic heterocycles. The van der Waals surface area contributed by atoms with Gasteiger partial charge in [0.25, 0.3) is 0 Å². The van der Waals surface area contributed by atoms with E-state index in [2.05, 4.69) is 5.32 Å². The molecule has 1 saturated heterocycles. The van der Waals surface area contributed by atoms with E-state index in [9.17, 15) is 14.7 Å². The van der Waals surface area contributed by atoms with Crippen LogP contribution in [0.5, 0.6) is 0 Å². The SMILES string of the molecule is CC1CC(C(=O)O)C(C(=O)NCC2(O)CCOC2)C1. The Morgan fingerprint density at radius 2 is 2.05 bits per heavy atom. The molecular formula is C13H21NO5. The highest BCUT2D eigenvalue weighted by Crippen LogP contribution is 2.36. The normalized spacial score (nSPS) is 38.3. The molecule has 0 spiro atoms. The van der Waals surface area contributed by atoms with E-state index in [4.69, 9.17) is 9.84 Å². The second kappa shape index (κ2) is 5.46. The zero-order valence-corrected chi connectivity index (χ0v) is 11.1. The summed E-state index contributed by atoms with van der Waals surface area (Å²) >= 11 is 0. The molecular weight excluding hydrogens is 250 g/mol. The Labute approximate surface area is 112 Å². The number of aliphatic carboxylic acids is 1. The molecule has 0 aromatic rings. The van der Waals surface area contributed by atoms with Gasteiger partial charge in [-0.15, -0.1) is 0 Å². The molecule has 0 aromatic carbocycles. The maximum atomic E-state index is 12.1. The average Bonchev–Trinajstić information content (AvgIpc) is 2.93. The fourth-order valence-corrected chi connectivity index (χ4v) is 2.97. The lowest BCUT2D eigenvalue weighted by Crippen LogP contribution is -2.46. The number of hydrogen-bond acceptors (Lipinski definition) is 4. The zero-order chi connectivity index (χ0) is 14.0. The number of ether oxygens (including phenoxy) is 1. The minimum Gasteiger partial charge on any atom is -0.481 e. The quantitative estimate of drug-likeness (QED) is 0.669. The van der Waals surface area contributed by atoms with Gasteiger partial charge in [0.15, 0.2) is 0 Å². The Hall–Kier alpha value is -1.14. The van der Waals surface area contributed by atoms with Crippen LogP contribution >= 0.6 is 0 Å². The van der Waals surface area contributed by atoms with Crippen molar-refractivity contribution < 1.29 is 24.5 Å². The molecule has 0 bridgehead atoms. The third-order valence-corrected chi connectivity index (χ3v) is 4.13. The second-order valence-corrected chi connectivity index (χ2v) is 5.87. The first-order valence-corrected chi connectivity index (χ1v) is 6.72. The fourth-order valence-electron chi connectivity index (χ4n) is 2.97. The molecule has 2 fully saturated rings. The van der Waals surface area contributed by atoms with E-state index in [1.165, 1.54) is 0 Å². The van der Waals surface area contributed by atoms with E-state index in [-0.39, 0.29) is 25.0 Å². The minimum atomic E-state index is -1.00. The van der Waals surface area contributed by atoms with E-state index in [1.807, 2.05) is 6.92 Å². The highest BCUT2D eigenvalue weighted by molar-refractivity contribution is 5.85. The van der Waals surface area contributed by atoms with Crippen LogP contribution in [0.15, 0.2) is 0 Å². The molecule has 1 amide bonds. The summed E-state index contributed by atoms with van der Waals surface area (Å²) in [4.78, 5) is 23.2. The number of nitrogens with one attached hydrogen (secondary N) is 1. The van der Waals surface area contributed by atoms with Crippen LogP contribution in [-0.4, -0.2) is 47.4 Å². The molecule has 4 atom stereocenters. The van der Waals surface area contributed by atoms with Gasteiger partial charge < -0.3 is 20.3 Å². The van der Waals surface area contributed by atoms with E-state index in [0.717, 1.165) is 0 Å². The molecule has 1 aliphatic heterocycles. The van der Waals surface area contributed by atoms with Gasteiger partial charge in [0.1, 0.15) is 5.60 Å². The second-order valence-electron chi connectivity index (χ2n) is 5.87. The van der Waals surface area contributed by atoms with Gasteiger partial charge in [-0.25, -0.2) is 0 Å². The van der Waals surface area contributed by atoms with Crippen molar-refractivity contribution in [2.45, 2.75) is 31.8 Å². The number of carboxylic acid groups (broad SMARTS) is 1. The number of amides is 1. The summed E-state index contributed by atoms with van der Waals surface area (Å²) in [6.45, 7) is 2.80. The van der Waals surface area contributed by atoms with Gasteiger partial charge >= 0.3 is 5.97 Å². The lowest BCUT2D eigenvalue weighted by Gasteiger charge is -2.23. The lowest BCUT2D eigenvalue weighted by atomic mass is 9.95. The Bertz CT molecular complexity index is 364. The van der Waals surface area contributed by atoms with Gasteiger partial charge in [-0.2, -0.15) is 0 Å². The van der Waals surface area contributed by atoms with Gasteiger partial charge in [-0.3, -0.25) is 9.59 Å². The molecule has 0 radical (unpaired) electrons. The van der Waals surface area contributed by atoms with Gasteiger partial charge in [0.2, 0.25) is 5.91 Å². The summed E-state index contributed by atoms with van der Waals surface area (Å²) in [5, 5.41) is 21.9. The fraction of sp³-hybridized carbons (Fsp3) is 0.846. The summed E-state index contributed by atoms with van der Waals surface area (Å²) in [6, 6.07) is 0. The van der Waals surface area contributed by atoms with Crippen molar-refractivity contribution in [3.05, 3.63) is 0 Å². The molecule has 19 heavy (non-hydrogen) atoms. The third kappa shape index (κ3) is 3.25. The van der Waals surface area contributed by atoms with E-state index in [1.54, 1.807) is 0 Å². The third-order valence-electron chi connectivity index (χ3n) is 4.13. The largest absolute Gasteiger partial charge is 0.481 e. The number of aliphatic hydroxyl groups is 1. The van der Waals surface area contributed by atoms with E-state index in [0.29, 0.717) is 25.9 Å². The number of carboxylic acids is 1. The highest BCUT2D eigenvalue weighted by atomic mass is 16.5. The number of rotatable bonds is 4. The van der Waals surface area contributed by atoms with Crippen LogP contribution < -0.4 is 5.32 Å². The van der Waals surface area contributed by atoms with Crippen molar-refractivity contribution in [1.82, 2.24) is 5.32 Å².